The lowest BCUT2D eigenvalue weighted by atomic mass is 10.1. The summed E-state index contributed by atoms with van der Waals surface area (Å²) in [6, 6.07) is 1.27. The summed E-state index contributed by atoms with van der Waals surface area (Å²) < 4.78 is 0. The average Bonchev–Trinajstić information content (AvgIpc) is 2.80. The van der Waals surface area contributed by atoms with Gasteiger partial charge in [0.2, 0.25) is 0 Å². The summed E-state index contributed by atoms with van der Waals surface area (Å²) in [5, 5.41) is 17.8. The molecule has 1 heterocycles. The van der Waals surface area contributed by atoms with E-state index in [1.807, 2.05) is 0 Å². The highest BCUT2D eigenvalue weighted by Crippen LogP contribution is 2.24. The molecule has 1 aromatic rings. The van der Waals surface area contributed by atoms with Gasteiger partial charge in [-0.15, -0.1) is 0 Å². The predicted octanol–water partition coefficient (Wildman–Crippen LogP) is 1.07. The van der Waals surface area contributed by atoms with Crippen LogP contribution in [0.25, 0.3) is 0 Å². The van der Waals surface area contributed by atoms with Gasteiger partial charge < -0.3 is 10.4 Å². The molecule has 6 heteroatoms. The van der Waals surface area contributed by atoms with Gasteiger partial charge in [0.25, 0.3) is 5.56 Å². The third-order valence-corrected chi connectivity index (χ3v) is 3.08. The fourth-order valence-electron chi connectivity index (χ4n) is 2.12. The molecule has 6 nitrogen and oxygen atoms in total. The van der Waals surface area contributed by atoms with Crippen molar-refractivity contribution < 1.29 is 9.90 Å². The van der Waals surface area contributed by atoms with E-state index in [4.69, 9.17) is 5.11 Å². The van der Waals surface area contributed by atoms with E-state index in [1.165, 1.54) is 31.7 Å². The Bertz CT molecular complexity index is 463. The summed E-state index contributed by atoms with van der Waals surface area (Å²) >= 11 is 0. The summed E-state index contributed by atoms with van der Waals surface area (Å²) in [7, 11) is 0. The van der Waals surface area contributed by atoms with Gasteiger partial charge in [0.1, 0.15) is 11.4 Å². The number of hydrogen-bond donors (Lipinski definition) is 3. The highest BCUT2D eigenvalue weighted by Gasteiger charge is 2.15. The fraction of sp³-hybridized carbons (Fsp3) is 0.545. The van der Waals surface area contributed by atoms with Crippen LogP contribution >= 0.6 is 0 Å². The Balaban J connectivity index is 2.03. The minimum atomic E-state index is -1.24. The Kier molecular flexibility index (Phi) is 3.41. The maximum absolute atomic E-state index is 11.1. The van der Waals surface area contributed by atoms with Crippen molar-refractivity contribution in [2.24, 2.45) is 5.92 Å². The Labute approximate surface area is 98.1 Å². The van der Waals surface area contributed by atoms with E-state index in [0.717, 1.165) is 6.54 Å². The lowest BCUT2D eigenvalue weighted by Gasteiger charge is -2.10. The molecule has 0 unspecified atom stereocenters. The van der Waals surface area contributed by atoms with Gasteiger partial charge in [-0.05, 0) is 18.8 Å². The molecule has 1 aliphatic rings. The Hall–Kier alpha value is -1.85. The van der Waals surface area contributed by atoms with E-state index in [-0.39, 0.29) is 5.56 Å². The molecule has 1 saturated carbocycles. The number of H-pyrrole nitrogens is 1. The second kappa shape index (κ2) is 4.99. The number of nitrogens with zero attached hydrogens (tertiary/aromatic N) is 1. The first-order valence-electron chi connectivity index (χ1n) is 5.73. The summed E-state index contributed by atoms with van der Waals surface area (Å²) in [5.41, 5.74) is -0.960. The maximum atomic E-state index is 11.1. The lowest BCUT2D eigenvalue weighted by Crippen LogP contribution is -2.21. The monoisotopic (exact) mass is 237 g/mol. The van der Waals surface area contributed by atoms with Crippen LogP contribution in [-0.4, -0.2) is 27.8 Å². The standard InChI is InChI=1S/C11H15N3O3/c15-10-8(11(16)17)5-9(13-14-10)12-6-7-3-1-2-4-7/h5,7H,1-4,6H2,(H,12,13)(H,14,15)(H,16,17). The number of carboxylic acids is 1. The van der Waals surface area contributed by atoms with Gasteiger partial charge in [-0.25, -0.2) is 9.89 Å². The number of rotatable bonds is 4. The van der Waals surface area contributed by atoms with Gasteiger partial charge in [-0.1, -0.05) is 12.8 Å². The average molecular weight is 237 g/mol. The molecule has 2 rings (SSSR count). The van der Waals surface area contributed by atoms with E-state index in [9.17, 15) is 9.59 Å². The highest BCUT2D eigenvalue weighted by molar-refractivity contribution is 5.87. The zero-order chi connectivity index (χ0) is 12.3. The molecule has 3 N–H and O–H groups in total. The Morgan fingerprint density at radius 1 is 1.53 bits per heavy atom. The molecule has 0 atom stereocenters. The van der Waals surface area contributed by atoms with Crippen LogP contribution in [0.15, 0.2) is 10.9 Å². The van der Waals surface area contributed by atoms with Gasteiger partial charge >= 0.3 is 5.97 Å². The van der Waals surface area contributed by atoms with Crippen molar-refractivity contribution in [1.29, 1.82) is 0 Å². The van der Waals surface area contributed by atoms with Crippen LogP contribution in [0.5, 0.6) is 0 Å². The van der Waals surface area contributed by atoms with Crippen molar-refractivity contribution in [3.8, 4) is 0 Å². The van der Waals surface area contributed by atoms with Crippen LogP contribution in [0.4, 0.5) is 5.82 Å². The van der Waals surface area contributed by atoms with Gasteiger partial charge in [0.05, 0.1) is 0 Å². The number of hydrogen-bond acceptors (Lipinski definition) is 4. The molecule has 0 aromatic carbocycles. The quantitative estimate of drug-likeness (QED) is 0.728. The first-order valence-corrected chi connectivity index (χ1v) is 5.73. The molecule has 0 radical (unpaired) electrons. The number of carbonyl (C=O) groups is 1. The molecule has 0 aliphatic heterocycles. The molecule has 1 aromatic heterocycles. The van der Waals surface area contributed by atoms with Crippen LogP contribution in [-0.2, 0) is 0 Å². The van der Waals surface area contributed by atoms with E-state index >= 15 is 0 Å². The third kappa shape index (κ3) is 2.83. The number of aromatic nitrogens is 2. The van der Waals surface area contributed by atoms with E-state index in [0.29, 0.717) is 11.7 Å². The maximum Gasteiger partial charge on any atom is 0.341 e. The van der Waals surface area contributed by atoms with E-state index in [2.05, 4.69) is 15.5 Å². The van der Waals surface area contributed by atoms with Crippen molar-refractivity contribution in [2.45, 2.75) is 25.7 Å². The van der Waals surface area contributed by atoms with Crippen molar-refractivity contribution in [2.75, 3.05) is 11.9 Å². The van der Waals surface area contributed by atoms with Crippen molar-refractivity contribution in [3.05, 3.63) is 22.0 Å². The molecule has 1 fully saturated rings. The topological polar surface area (TPSA) is 95.1 Å². The predicted molar refractivity (Wildman–Crippen MR) is 62.3 cm³/mol. The second-order valence-corrected chi connectivity index (χ2v) is 4.33. The number of aromatic amines is 1. The lowest BCUT2D eigenvalue weighted by molar-refractivity contribution is 0.0694. The Morgan fingerprint density at radius 3 is 2.88 bits per heavy atom. The second-order valence-electron chi connectivity index (χ2n) is 4.33. The van der Waals surface area contributed by atoms with Gasteiger partial charge in [0, 0.05) is 12.6 Å². The number of carboxylic acid groups (broad SMARTS) is 1. The minimum absolute atomic E-state index is 0.283. The molecule has 17 heavy (non-hydrogen) atoms. The summed E-state index contributed by atoms with van der Waals surface area (Å²) in [5.74, 6) is -0.205. The highest BCUT2D eigenvalue weighted by atomic mass is 16.4. The fourth-order valence-corrected chi connectivity index (χ4v) is 2.12. The molecule has 0 saturated heterocycles. The molecule has 0 bridgehead atoms. The first kappa shape index (κ1) is 11.6. The number of anilines is 1. The molecule has 0 amide bonds. The van der Waals surface area contributed by atoms with Crippen molar-refractivity contribution in [1.82, 2.24) is 10.2 Å². The third-order valence-electron chi connectivity index (χ3n) is 3.08. The molecule has 0 spiro atoms. The molecule has 1 aliphatic carbocycles. The zero-order valence-electron chi connectivity index (χ0n) is 9.40. The van der Waals surface area contributed by atoms with Gasteiger partial charge in [0.15, 0.2) is 0 Å². The minimum Gasteiger partial charge on any atom is -0.477 e. The summed E-state index contributed by atoms with van der Waals surface area (Å²) in [6.07, 6.45) is 4.90. The van der Waals surface area contributed by atoms with Gasteiger partial charge in [-0.3, -0.25) is 4.79 Å². The number of aromatic carboxylic acids is 1. The van der Waals surface area contributed by atoms with Crippen molar-refractivity contribution >= 4 is 11.8 Å². The number of nitrogens with one attached hydrogen (secondary N) is 2. The SMILES string of the molecule is O=C(O)c1cc(NCC2CCCC2)n[nH]c1=O. The van der Waals surface area contributed by atoms with Crippen molar-refractivity contribution in [3.63, 3.8) is 0 Å². The largest absolute Gasteiger partial charge is 0.477 e. The Morgan fingerprint density at radius 2 is 2.24 bits per heavy atom. The molecule has 92 valence electrons. The smallest absolute Gasteiger partial charge is 0.341 e. The van der Waals surface area contributed by atoms with Gasteiger partial charge in [-0.2, -0.15) is 5.10 Å². The molecular weight excluding hydrogens is 222 g/mol. The normalized spacial score (nSPS) is 16.0. The van der Waals surface area contributed by atoms with Crippen LogP contribution < -0.4 is 10.9 Å². The molecular formula is C11H15N3O3. The summed E-state index contributed by atoms with van der Waals surface area (Å²) in [6.45, 7) is 0.776. The van der Waals surface area contributed by atoms with E-state index in [1.54, 1.807) is 0 Å². The van der Waals surface area contributed by atoms with E-state index < -0.39 is 11.5 Å². The first-order chi connectivity index (χ1) is 8.16. The zero-order valence-corrected chi connectivity index (χ0v) is 9.40. The summed E-state index contributed by atoms with van der Waals surface area (Å²) in [4.78, 5) is 21.9. The van der Waals surface area contributed by atoms with Crippen LogP contribution in [0, 0.1) is 5.92 Å². The van der Waals surface area contributed by atoms with Crippen LogP contribution in [0.2, 0.25) is 0 Å². The van der Waals surface area contributed by atoms with Crippen LogP contribution in [0.1, 0.15) is 36.0 Å². The van der Waals surface area contributed by atoms with Crippen LogP contribution in [0.3, 0.4) is 0 Å².